The molecule has 1 fully saturated rings. The van der Waals surface area contributed by atoms with E-state index >= 15 is 0 Å². The fraction of sp³-hybridized carbons (Fsp3) is 0.421. The molecule has 1 aromatic carbocycles. The van der Waals surface area contributed by atoms with Crippen molar-refractivity contribution >= 4 is 44.8 Å². The zero-order valence-corrected chi connectivity index (χ0v) is 19.1. The predicted octanol–water partition coefficient (Wildman–Crippen LogP) is 3.15. The molecule has 2 atom stereocenters. The summed E-state index contributed by atoms with van der Waals surface area (Å²) in [5.74, 6) is 0.955. The van der Waals surface area contributed by atoms with Crippen LogP contribution in [-0.2, 0) is 21.2 Å². The van der Waals surface area contributed by atoms with Gasteiger partial charge in [-0.25, -0.2) is 8.42 Å². The van der Waals surface area contributed by atoms with Gasteiger partial charge >= 0.3 is 0 Å². The number of aromatic nitrogens is 3. The summed E-state index contributed by atoms with van der Waals surface area (Å²) in [5, 5.41) is 11.7. The van der Waals surface area contributed by atoms with E-state index in [-0.39, 0.29) is 23.3 Å². The Labute approximate surface area is 185 Å². The van der Waals surface area contributed by atoms with E-state index in [2.05, 4.69) is 22.1 Å². The highest BCUT2D eigenvalue weighted by atomic mass is 35.5. The summed E-state index contributed by atoms with van der Waals surface area (Å²) in [6.45, 7) is 5.96. The van der Waals surface area contributed by atoms with Gasteiger partial charge in [0.2, 0.25) is 5.91 Å². The number of hydrogen-bond donors (Lipinski definition) is 1. The Kier molecular flexibility index (Phi) is 7.10. The first-order valence-electron chi connectivity index (χ1n) is 9.29. The molecule has 1 amide bonds. The molecule has 0 radical (unpaired) electrons. The van der Waals surface area contributed by atoms with E-state index in [1.54, 1.807) is 31.2 Å². The number of methoxy groups -OCH3 is 1. The van der Waals surface area contributed by atoms with Gasteiger partial charge in [0, 0.05) is 18.2 Å². The summed E-state index contributed by atoms with van der Waals surface area (Å²) < 4.78 is 30.6. The first-order chi connectivity index (χ1) is 14.2. The Morgan fingerprint density at radius 3 is 2.87 bits per heavy atom. The fourth-order valence-electron chi connectivity index (χ4n) is 3.19. The highest BCUT2D eigenvalue weighted by Crippen LogP contribution is 2.32. The second kappa shape index (κ2) is 9.40. The van der Waals surface area contributed by atoms with Crippen LogP contribution in [0.25, 0.3) is 0 Å². The number of halogens is 1. The molecule has 30 heavy (non-hydrogen) atoms. The van der Waals surface area contributed by atoms with Crippen molar-refractivity contribution in [2.75, 3.05) is 23.9 Å². The van der Waals surface area contributed by atoms with Gasteiger partial charge in [-0.05, 0) is 31.5 Å². The van der Waals surface area contributed by atoms with Crippen molar-refractivity contribution in [2.24, 2.45) is 0 Å². The van der Waals surface area contributed by atoms with Crippen LogP contribution in [0.5, 0.6) is 5.75 Å². The van der Waals surface area contributed by atoms with Crippen LogP contribution in [0.3, 0.4) is 0 Å². The van der Waals surface area contributed by atoms with E-state index in [0.29, 0.717) is 40.4 Å². The number of ether oxygens (including phenoxy) is 1. The van der Waals surface area contributed by atoms with Crippen LogP contribution in [0.2, 0.25) is 5.02 Å². The number of carbonyl (C=O) groups excluding carboxylic acids is 1. The second-order valence-corrected chi connectivity index (χ2v) is 10.9. The Morgan fingerprint density at radius 2 is 2.27 bits per heavy atom. The molecule has 0 spiro atoms. The van der Waals surface area contributed by atoms with Crippen LogP contribution in [0.4, 0.5) is 5.69 Å². The van der Waals surface area contributed by atoms with Crippen molar-refractivity contribution in [1.29, 1.82) is 0 Å². The molecule has 2 heterocycles. The van der Waals surface area contributed by atoms with Crippen LogP contribution in [-0.4, -0.2) is 53.0 Å². The van der Waals surface area contributed by atoms with Gasteiger partial charge < -0.3 is 14.6 Å². The zero-order chi connectivity index (χ0) is 21.9. The third kappa shape index (κ3) is 5.16. The van der Waals surface area contributed by atoms with Crippen LogP contribution >= 0.6 is 23.4 Å². The monoisotopic (exact) mass is 470 g/mol. The third-order valence-electron chi connectivity index (χ3n) is 4.73. The number of thioether (sulfide) groups is 1. The zero-order valence-electron chi connectivity index (χ0n) is 16.7. The van der Waals surface area contributed by atoms with E-state index in [4.69, 9.17) is 16.3 Å². The quantitative estimate of drug-likeness (QED) is 0.466. The lowest BCUT2D eigenvalue weighted by Crippen LogP contribution is -2.23. The van der Waals surface area contributed by atoms with Crippen LogP contribution in [0, 0.1) is 0 Å². The molecule has 2 unspecified atom stereocenters. The van der Waals surface area contributed by atoms with Gasteiger partial charge in [-0.2, -0.15) is 0 Å². The van der Waals surface area contributed by atoms with E-state index in [1.165, 1.54) is 18.9 Å². The molecule has 162 valence electrons. The molecule has 0 aliphatic carbocycles. The SMILES string of the molecule is C=CCn1c(SC(C)C(=O)Nc2ccc(OC)c(Cl)c2)nnc1C1CCS(=O)(=O)C1. The summed E-state index contributed by atoms with van der Waals surface area (Å²) in [5.41, 5.74) is 0.558. The Bertz CT molecular complexity index is 1050. The Balaban J connectivity index is 1.72. The average molecular weight is 471 g/mol. The first-order valence-corrected chi connectivity index (χ1v) is 12.4. The van der Waals surface area contributed by atoms with Gasteiger partial charge in [0.25, 0.3) is 0 Å². The second-order valence-electron chi connectivity index (χ2n) is 6.94. The summed E-state index contributed by atoms with van der Waals surface area (Å²) in [6, 6.07) is 5.01. The molecule has 11 heteroatoms. The minimum Gasteiger partial charge on any atom is -0.495 e. The molecule has 1 N–H and O–H groups in total. The van der Waals surface area contributed by atoms with Crippen LogP contribution in [0.15, 0.2) is 36.0 Å². The molecule has 1 aliphatic heterocycles. The number of anilines is 1. The van der Waals surface area contributed by atoms with E-state index in [0.717, 1.165) is 0 Å². The van der Waals surface area contributed by atoms with E-state index in [9.17, 15) is 13.2 Å². The maximum atomic E-state index is 12.6. The number of nitrogens with zero attached hydrogens (tertiary/aromatic N) is 3. The predicted molar refractivity (Wildman–Crippen MR) is 118 cm³/mol. The molecule has 0 saturated carbocycles. The van der Waals surface area contributed by atoms with Crippen molar-refractivity contribution in [3.63, 3.8) is 0 Å². The first kappa shape index (κ1) is 22.6. The van der Waals surface area contributed by atoms with Crippen molar-refractivity contribution < 1.29 is 17.9 Å². The van der Waals surface area contributed by atoms with Gasteiger partial charge in [0.05, 0.1) is 28.9 Å². The highest BCUT2D eigenvalue weighted by molar-refractivity contribution is 8.00. The molecule has 2 aromatic rings. The molecule has 1 aliphatic rings. The number of hydrogen-bond acceptors (Lipinski definition) is 7. The Morgan fingerprint density at radius 1 is 1.50 bits per heavy atom. The van der Waals surface area contributed by atoms with Crippen molar-refractivity contribution in [2.45, 2.75) is 36.2 Å². The summed E-state index contributed by atoms with van der Waals surface area (Å²) in [6.07, 6.45) is 2.22. The molecule has 8 nitrogen and oxygen atoms in total. The normalized spacial score (nSPS) is 18.7. The summed E-state index contributed by atoms with van der Waals surface area (Å²) in [7, 11) is -1.52. The third-order valence-corrected chi connectivity index (χ3v) is 7.87. The number of carbonyl (C=O) groups is 1. The molecular formula is C19H23ClN4O4S2. The van der Waals surface area contributed by atoms with Crippen LogP contribution < -0.4 is 10.1 Å². The lowest BCUT2D eigenvalue weighted by atomic mass is 10.1. The van der Waals surface area contributed by atoms with Gasteiger partial charge in [0.15, 0.2) is 15.0 Å². The number of allylic oxidation sites excluding steroid dienone is 1. The van der Waals surface area contributed by atoms with Crippen LogP contribution in [0.1, 0.15) is 25.1 Å². The average Bonchev–Trinajstić information content (AvgIpc) is 3.25. The molecular weight excluding hydrogens is 448 g/mol. The maximum Gasteiger partial charge on any atom is 0.237 e. The minimum absolute atomic E-state index is 0.0706. The topological polar surface area (TPSA) is 103 Å². The maximum absolute atomic E-state index is 12.6. The van der Waals surface area contributed by atoms with E-state index < -0.39 is 15.1 Å². The van der Waals surface area contributed by atoms with E-state index in [1.807, 2.05) is 4.57 Å². The number of nitrogens with one attached hydrogen (secondary N) is 1. The fourth-order valence-corrected chi connectivity index (χ4v) is 6.05. The molecule has 1 saturated heterocycles. The minimum atomic E-state index is -3.04. The lowest BCUT2D eigenvalue weighted by Gasteiger charge is -2.14. The van der Waals surface area contributed by atoms with Gasteiger partial charge in [0.1, 0.15) is 11.6 Å². The standard InChI is InChI=1S/C19H23ClN4O4S2/c1-4-8-24-17(13-7-9-30(26,27)11-13)22-23-19(24)29-12(2)18(25)21-14-5-6-16(28-3)15(20)10-14/h4-6,10,12-13H,1,7-9,11H2,2-3H3,(H,21,25). The van der Waals surface area contributed by atoms with Gasteiger partial charge in [-0.15, -0.1) is 16.8 Å². The molecule has 3 rings (SSSR count). The van der Waals surface area contributed by atoms with Gasteiger partial charge in [-0.3, -0.25) is 4.79 Å². The molecule has 0 bridgehead atoms. The largest absolute Gasteiger partial charge is 0.495 e. The number of sulfone groups is 1. The Hall–Kier alpha value is -2.04. The number of amides is 1. The van der Waals surface area contributed by atoms with Crippen molar-refractivity contribution in [3.05, 3.63) is 41.7 Å². The highest BCUT2D eigenvalue weighted by Gasteiger charge is 2.33. The smallest absolute Gasteiger partial charge is 0.237 e. The summed E-state index contributed by atoms with van der Waals surface area (Å²) in [4.78, 5) is 12.6. The molecule has 1 aromatic heterocycles. The lowest BCUT2D eigenvalue weighted by molar-refractivity contribution is -0.115. The number of rotatable bonds is 8. The van der Waals surface area contributed by atoms with Crippen molar-refractivity contribution in [1.82, 2.24) is 14.8 Å². The van der Waals surface area contributed by atoms with Gasteiger partial charge in [-0.1, -0.05) is 29.4 Å². The van der Waals surface area contributed by atoms with Crippen molar-refractivity contribution in [3.8, 4) is 5.75 Å². The summed E-state index contributed by atoms with van der Waals surface area (Å²) >= 11 is 7.36. The number of benzene rings is 1.